The summed E-state index contributed by atoms with van der Waals surface area (Å²) in [4.78, 5) is 18.7. The molecule has 0 aliphatic carbocycles. The van der Waals surface area contributed by atoms with E-state index in [-0.39, 0.29) is 0 Å². The molecule has 0 saturated carbocycles. The molecule has 0 radical (unpaired) electrons. The van der Waals surface area contributed by atoms with Gasteiger partial charge in [-0.2, -0.15) is 0 Å². The van der Waals surface area contributed by atoms with Gasteiger partial charge in [0.2, 0.25) is 0 Å². The average Bonchev–Trinajstić information content (AvgIpc) is 3.72. The number of fused-ring (bicyclic) bond motifs is 6. The largest absolute Gasteiger partial charge is 0.310 e. The fraction of sp³-hybridized carbons (Fsp3) is 0. The lowest BCUT2D eigenvalue weighted by atomic mass is 10.1. The Morgan fingerprint density at radius 2 is 0.827 bits per heavy atom. The summed E-state index contributed by atoms with van der Waals surface area (Å²) < 4.78 is 4.61. The van der Waals surface area contributed by atoms with E-state index in [1.165, 1.54) is 21.5 Å². The summed E-state index contributed by atoms with van der Waals surface area (Å²) in [7, 11) is 0. The van der Waals surface area contributed by atoms with Crippen LogP contribution in [0.25, 0.3) is 94.0 Å². The van der Waals surface area contributed by atoms with Crippen LogP contribution in [0.3, 0.4) is 0 Å². The summed E-state index contributed by atoms with van der Waals surface area (Å²) in [5.41, 5.74) is 9.71. The van der Waals surface area contributed by atoms with E-state index in [1.807, 2.05) is 78.9 Å². The highest BCUT2D eigenvalue weighted by atomic mass is 15.0. The highest BCUT2D eigenvalue weighted by Gasteiger charge is 2.19. The van der Waals surface area contributed by atoms with Gasteiger partial charge >= 0.3 is 0 Å². The van der Waals surface area contributed by atoms with Crippen molar-refractivity contribution in [2.45, 2.75) is 0 Å². The lowest BCUT2D eigenvalue weighted by Gasteiger charge is -2.12. The van der Waals surface area contributed by atoms with Gasteiger partial charge in [0.25, 0.3) is 0 Å². The highest BCUT2D eigenvalue weighted by Crippen LogP contribution is 2.40. The first-order chi connectivity index (χ1) is 25.7. The quantitative estimate of drug-likeness (QED) is 0.172. The van der Waals surface area contributed by atoms with E-state index in [0.717, 1.165) is 50.1 Å². The Balaban J connectivity index is 1.22. The third-order valence-electron chi connectivity index (χ3n) is 9.75. The standard InChI is InChI=1S/C46H28N6/c1-47-33-19-13-21-35(27-33)52-41-25-11-9-23-37(41)39-28-38-36-22-8-10-24-40(36)51(42(38)29-43(39)52)34-20-12-18-32(26-34)46-49-44(30-14-4-2-5-15-30)48-45(50-46)31-16-6-3-7-17-31/h2-29H. The minimum atomic E-state index is 0.609. The first kappa shape index (κ1) is 29.5. The molecular formula is C46H28N6. The maximum absolute atomic E-state index is 7.68. The van der Waals surface area contributed by atoms with Crippen molar-refractivity contribution in [3.8, 4) is 45.5 Å². The number of nitrogens with zero attached hydrogens (tertiary/aromatic N) is 6. The number of para-hydroxylation sites is 2. The molecule has 0 N–H and O–H groups in total. The van der Waals surface area contributed by atoms with Crippen LogP contribution in [0.5, 0.6) is 0 Å². The molecule has 3 aromatic heterocycles. The van der Waals surface area contributed by atoms with Gasteiger partial charge in [-0.25, -0.2) is 19.8 Å². The van der Waals surface area contributed by atoms with E-state index < -0.39 is 0 Å². The van der Waals surface area contributed by atoms with E-state index in [1.54, 1.807) is 0 Å². The van der Waals surface area contributed by atoms with E-state index in [0.29, 0.717) is 23.2 Å². The zero-order valence-corrected chi connectivity index (χ0v) is 27.8. The first-order valence-electron chi connectivity index (χ1n) is 17.2. The predicted octanol–water partition coefficient (Wildman–Crippen LogP) is 11.6. The van der Waals surface area contributed by atoms with Crippen molar-refractivity contribution >= 4 is 49.3 Å². The molecular weight excluding hydrogens is 637 g/mol. The van der Waals surface area contributed by atoms with E-state index >= 15 is 0 Å². The Morgan fingerprint density at radius 3 is 1.38 bits per heavy atom. The van der Waals surface area contributed by atoms with Gasteiger partial charge < -0.3 is 9.13 Å². The Kier molecular flexibility index (Phi) is 6.76. The second kappa shape index (κ2) is 11.9. The second-order valence-electron chi connectivity index (χ2n) is 12.8. The molecule has 52 heavy (non-hydrogen) atoms. The molecule has 0 spiro atoms. The van der Waals surface area contributed by atoms with Crippen molar-refractivity contribution in [2.24, 2.45) is 0 Å². The molecule has 10 rings (SSSR count). The lowest BCUT2D eigenvalue weighted by Crippen LogP contribution is -2.01. The topological polar surface area (TPSA) is 52.9 Å². The van der Waals surface area contributed by atoms with E-state index in [9.17, 15) is 0 Å². The molecule has 0 aliphatic heterocycles. The maximum Gasteiger partial charge on any atom is 0.189 e. The number of rotatable bonds is 5. The van der Waals surface area contributed by atoms with Crippen LogP contribution in [0.4, 0.5) is 5.69 Å². The second-order valence-corrected chi connectivity index (χ2v) is 12.8. The van der Waals surface area contributed by atoms with Crippen LogP contribution < -0.4 is 0 Å². The molecule has 0 bridgehead atoms. The van der Waals surface area contributed by atoms with Crippen molar-refractivity contribution < 1.29 is 0 Å². The minimum Gasteiger partial charge on any atom is -0.310 e. The van der Waals surface area contributed by atoms with Crippen LogP contribution in [0, 0.1) is 6.57 Å². The number of aromatic nitrogens is 5. The molecule has 0 unspecified atom stereocenters. The van der Waals surface area contributed by atoms with Gasteiger partial charge in [0, 0.05) is 49.6 Å². The van der Waals surface area contributed by atoms with Gasteiger partial charge in [-0.05, 0) is 48.5 Å². The highest BCUT2D eigenvalue weighted by molar-refractivity contribution is 6.19. The summed E-state index contributed by atoms with van der Waals surface area (Å²) in [6.45, 7) is 7.68. The third-order valence-corrected chi connectivity index (χ3v) is 9.75. The van der Waals surface area contributed by atoms with Gasteiger partial charge in [0.05, 0.1) is 28.6 Å². The van der Waals surface area contributed by atoms with E-state index in [2.05, 4.69) is 105 Å². The summed E-state index contributed by atoms with van der Waals surface area (Å²) >= 11 is 0. The van der Waals surface area contributed by atoms with Gasteiger partial charge in [-0.15, -0.1) is 0 Å². The van der Waals surface area contributed by atoms with Crippen LogP contribution in [-0.4, -0.2) is 24.1 Å². The number of hydrogen-bond donors (Lipinski definition) is 0. The molecule has 7 aromatic carbocycles. The molecule has 242 valence electrons. The van der Waals surface area contributed by atoms with Gasteiger partial charge in [0.15, 0.2) is 23.2 Å². The lowest BCUT2D eigenvalue weighted by molar-refractivity contribution is 1.07. The van der Waals surface area contributed by atoms with Gasteiger partial charge in [0.1, 0.15) is 0 Å². The summed E-state index contributed by atoms with van der Waals surface area (Å²) in [6, 6.07) is 58.1. The monoisotopic (exact) mass is 664 g/mol. The number of benzene rings is 7. The first-order valence-corrected chi connectivity index (χ1v) is 17.2. The molecule has 0 atom stereocenters. The minimum absolute atomic E-state index is 0.609. The maximum atomic E-state index is 7.68. The fourth-order valence-electron chi connectivity index (χ4n) is 7.41. The van der Waals surface area contributed by atoms with Crippen LogP contribution >= 0.6 is 0 Å². The molecule has 0 aliphatic rings. The molecule has 6 nitrogen and oxygen atoms in total. The fourth-order valence-corrected chi connectivity index (χ4v) is 7.41. The number of hydrogen-bond acceptors (Lipinski definition) is 3. The Bertz CT molecular complexity index is 2970. The van der Waals surface area contributed by atoms with Crippen molar-refractivity contribution in [1.29, 1.82) is 0 Å². The van der Waals surface area contributed by atoms with Crippen molar-refractivity contribution in [2.75, 3.05) is 0 Å². The van der Waals surface area contributed by atoms with Crippen molar-refractivity contribution in [3.63, 3.8) is 0 Å². The van der Waals surface area contributed by atoms with Gasteiger partial charge in [-0.3, -0.25) is 0 Å². The molecule has 0 fully saturated rings. The zero-order chi connectivity index (χ0) is 34.6. The molecule has 6 heteroatoms. The smallest absolute Gasteiger partial charge is 0.189 e. The molecule has 3 heterocycles. The molecule has 0 amide bonds. The van der Waals surface area contributed by atoms with Crippen molar-refractivity contribution in [1.82, 2.24) is 24.1 Å². The summed E-state index contributed by atoms with van der Waals surface area (Å²) in [5.74, 6) is 1.87. The van der Waals surface area contributed by atoms with Crippen LogP contribution in [0.15, 0.2) is 170 Å². The average molecular weight is 665 g/mol. The normalized spacial score (nSPS) is 11.4. The Morgan fingerprint density at radius 1 is 0.365 bits per heavy atom. The van der Waals surface area contributed by atoms with Crippen LogP contribution in [-0.2, 0) is 0 Å². The van der Waals surface area contributed by atoms with Crippen molar-refractivity contribution in [3.05, 3.63) is 181 Å². The van der Waals surface area contributed by atoms with E-state index in [4.69, 9.17) is 21.5 Å². The Labute approximate surface area is 299 Å². The SMILES string of the molecule is [C-]#[N+]c1cccc(-n2c3ccccc3c3cc4c5ccccc5n(-c5cccc(-c6nc(-c7ccccc7)nc(-c7ccccc7)n6)c5)c4cc32)c1. The molecule has 10 aromatic rings. The third kappa shape index (κ3) is 4.76. The van der Waals surface area contributed by atoms with Crippen LogP contribution in [0.1, 0.15) is 0 Å². The summed E-state index contributed by atoms with van der Waals surface area (Å²) in [6.07, 6.45) is 0. The zero-order valence-electron chi connectivity index (χ0n) is 27.8. The van der Waals surface area contributed by atoms with Crippen LogP contribution in [0.2, 0.25) is 0 Å². The Hall–Kier alpha value is -7.36. The van der Waals surface area contributed by atoms with Gasteiger partial charge in [-0.1, -0.05) is 121 Å². The summed E-state index contributed by atoms with van der Waals surface area (Å²) in [5, 5.41) is 4.68. The predicted molar refractivity (Wildman–Crippen MR) is 211 cm³/mol. The molecule has 0 saturated heterocycles.